The predicted molar refractivity (Wildman–Crippen MR) is 83.2 cm³/mol. The van der Waals surface area contributed by atoms with Gasteiger partial charge in [-0.3, -0.25) is 9.00 Å². The highest BCUT2D eigenvalue weighted by atomic mass is 35.5. The molecular weight excluding hydrogens is 332 g/mol. The zero-order valence-corrected chi connectivity index (χ0v) is 14.3. The van der Waals surface area contributed by atoms with Crippen molar-refractivity contribution in [2.45, 2.75) is 47.6 Å². The van der Waals surface area contributed by atoms with Gasteiger partial charge in [-0.15, -0.1) is 0 Å². The van der Waals surface area contributed by atoms with Gasteiger partial charge in [-0.25, -0.2) is 8.42 Å². The maximum atomic E-state index is 12.6. The van der Waals surface area contributed by atoms with E-state index in [-0.39, 0.29) is 15.7 Å². The van der Waals surface area contributed by atoms with Gasteiger partial charge in [0.05, 0.1) is 20.6 Å². The highest BCUT2D eigenvalue weighted by Gasteiger charge is 2.30. The first-order valence-corrected chi connectivity index (χ1v) is 10.2. The number of aryl methyl sites for hydroxylation is 1. The fraction of sp³-hybridized carbons (Fsp3) is 0.500. The second-order valence-corrected chi connectivity index (χ2v) is 9.23. The average Bonchev–Trinajstić information content (AvgIpc) is 2.33. The summed E-state index contributed by atoms with van der Waals surface area (Å²) >= 11 is 5.53. The van der Waals surface area contributed by atoms with E-state index >= 15 is 0 Å². The van der Waals surface area contributed by atoms with Crippen molar-refractivity contribution < 1.29 is 17.4 Å². The molecule has 0 bridgehead atoms. The van der Waals surface area contributed by atoms with Crippen LogP contribution in [0.15, 0.2) is 21.9 Å². The first kappa shape index (κ1) is 16.6. The van der Waals surface area contributed by atoms with Gasteiger partial charge in [0, 0.05) is 17.1 Å². The van der Waals surface area contributed by atoms with E-state index in [9.17, 15) is 17.4 Å². The van der Waals surface area contributed by atoms with Gasteiger partial charge in [0.2, 0.25) is 0 Å². The van der Waals surface area contributed by atoms with Crippen molar-refractivity contribution in [3.05, 3.63) is 23.3 Å². The van der Waals surface area contributed by atoms with Gasteiger partial charge in [0.1, 0.15) is 0 Å². The lowest BCUT2D eigenvalue weighted by atomic mass is 10.00. The summed E-state index contributed by atoms with van der Waals surface area (Å²) in [6, 6.07) is 2.84. The lowest BCUT2D eigenvalue weighted by Gasteiger charge is -2.25. The Hall–Kier alpha value is -0.720. The molecule has 2 rings (SSSR count). The molecular formula is C14H17ClO4S2. The van der Waals surface area contributed by atoms with Crippen LogP contribution in [0.2, 0.25) is 0 Å². The molecule has 0 amide bonds. The molecule has 0 spiro atoms. The van der Waals surface area contributed by atoms with E-state index in [0.29, 0.717) is 16.9 Å². The summed E-state index contributed by atoms with van der Waals surface area (Å²) in [6.07, 6.45) is 4.27. The molecule has 1 aromatic carbocycles. The Morgan fingerprint density at radius 3 is 2.38 bits per heavy atom. The highest BCUT2D eigenvalue weighted by Crippen LogP contribution is 2.33. The third-order valence-electron chi connectivity index (χ3n) is 3.73. The summed E-state index contributed by atoms with van der Waals surface area (Å²) in [4.78, 5) is 11.7. The minimum atomic E-state index is -3.58. The van der Waals surface area contributed by atoms with Crippen molar-refractivity contribution in [3.8, 4) is 0 Å². The van der Waals surface area contributed by atoms with Crippen molar-refractivity contribution in [2.24, 2.45) is 0 Å². The molecule has 0 N–H and O–H groups in total. The van der Waals surface area contributed by atoms with E-state index < -0.39 is 25.9 Å². The molecule has 0 heterocycles. The van der Waals surface area contributed by atoms with E-state index in [1.54, 1.807) is 6.07 Å². The topological polar surface area (TPSA) is 68.3 Å². The van der Waals surface area contributed by atoms with Crippen molar-refractivity contribution in [1.82, 2.24) is 0 Å². The molecule has 0 aromatic heterocycles. The molecule has 1 aliphatic rings. The number of benzene rings is 1. The smallest absolute Gasteiger partial charge is 0.252 e. The number of halogens is 1. The van der Waals surface area contributed by atoms with Crippen LogP contribution >= 0.6 is 11.6 Å². The molecule has 1 aliphatic carbocycles. The molecule has 116 valence electrons. The summed E-state index contributed by atoms with van der Waals surface area (Å²) in [5, 5.41) is -0.689. The van der Waals surface area contributed by atoms with Crippen LogP contribution in [-0.2, 0) is 27.1 Å². The minimum absolute atomic E-state index is 0.00718. The van der Waals surface area contributed by atoms with E-state index in [2.05, 4.69) is 0 Å². The molecule has 0 aliphatic heterocycles. The first-order chi connectivity index (χ1) is 9.75. The Balaban J connectivity index is 2.66. The molecule has 1 unspecified atom stereocenters. The fourth-order valence-corrected chi connectivity index (χ4v) is 5.56. The van der Waals surface area contributed by atoms with Crippen LogP contribution in [0, 0.1) is 0 Å². The number of sulfone groups is 1. The Morgan fingerprint density at radius 2 is 2.00 bits per heavy atom. The standard InChI is InChI=1S/C14H17ClO4S2/c1-3-9-7-12(20(17)10-5-4-6-10)13(21(2,18)19)8-11(9)14(15)16/h7-8,10H,3-6H2,1-2H3. The molecule has 1 saturated carbocycles. The quantitative estimate of drug-likeness (QED) is 0.767. The molecule has 0 saturated heterocycles. The van der Waals surface area contributed by atoms with Crippen LogP contribution in [-0.4, -0.2) is 29.4 Å². The Kier molecular flexibility index (Phi) is 4.90. The third kappa shape index (κ3) is 3.38. The van der Waals surface area contributed by atoms with Gasteiger partial charge in [-0.2, -0.15) is 0 Å². The van der Waals surface area contributed by atoms with E-state index in [0.717, 1.165) is 25.5 Å². The summed E-state index contributed by atoms with van der Waals surface area (Å²) < 4.78 is 36.5. The Bertz CT molecular complexity index is 706. The van der Waals surface area contributed by atoms with Gasteiger partial charge in [-0.05, 0) is 48.6 Å². The van der Waals surface area contributed by atoms with E-state index in [4.69, 9.17) is 11.6 Å². The molecule has 21 heavy (non-hydrogen) atoms. The second-order valence-electron chi connectivity index (χ2n) is 5.21. The third-order valence-corrected chi connectivity index (χ3v) is 7.05. The van der Waals surface area contributed by atoms with Crippen LogP contribution < -0.4 is 0 Å². The average molecular weight is 349 g/mol. The van der Waals surface area contributed by atoms with Gasteiger partial charge in [0.25, 0.3) is 5.24 Å². The predicted octanol–water partition coefficient (Wildman–Crippen LogP) is 2.69. The van der Waals surface area contributed by atoms with Gasteiger partial charge in [0.15, 0.2) is 9.84 Å². The van der Waals surface area contributed by atoms with E-state index in [1.807, 2.05) is 6.92 Å². The Morgan fingerprint density at radius 1 is 1.38 bits per heavy atom. The molecule has 1 aromatic rings. The SMILES string of the molecule is CCc1cc(S(=O)C2CCC2)c(S(C)(=O)=O)cc1C(=O)Cl. The second kappa shape index (κ2) is 6.18. The number of carbonyl (C=O) groups is 1. The first-order valence-electron chi connectivity index (χ1n) is 6.73. The molecule has 1 atom stereocenters. The summed E-state index contributed by atoms with van der Waals surface area (Å²) in [7, 11) is -4.95. The monoisotopic (exact) mass is 348 g/mol. The normalized spacial score (nSPS) is 17.3. The van der Waals surface area contributed by atoms with Crippen molar-refractivity contribution in [1.29, 1.82) is 0 Å². The van der Waals surface area contributed by atoms with Gasteiger partial charge >= 0.3 is 0 Å². The summed E-state index contributed by atoms with van der Waals surface area (Å²) in [5.74, 6) is 0. The molecule has 4 nitrogen and oxygen atoms in total. The lowest BCUT2D eigenvalue weighted by Crippen LogP contribution is -2.25. The summed E-state index contributed by atoms with van der Waals surface area (Å²) in [6.45, 7) is 1.84. The van der Waals surface area contributed by atoms with Crippen LogP contribution in [0.25, 0.3) is 0 Å². The maximum absolute atomic E-state index is 12.6. The van der Waals surface area contributed by atoms with Crippen LogP contribution in [0.3, 0.4) is 0 Å². The maximum Gasteiger partial charge on any atom is 0.252 e. The minimum Gasteiger partial charge on any atom is -0.276 e. The lowest BCUT2D eigenvalue weighted by molar-refractivity contribution is 0.108. The molecule has 0 radical (unpaired) electrons. The van der Waals surface area contributed by atoms with Crippen molar-refractivity contribution in [2.75, 3.05) is 6.26 Å². The number of carbonyl (C=O) groups excluding carboxylic acids is 1. The summed E-state index contributed by atoms with van der Waals surface area (Å²) in [5.41, 5.74) is 0.805. The van der Waals surface area contributed by atoms with Crippen LogP contribution in [0.5, 0.6) is 0 Å². The van der Waals surface area contributed by atoms with Crippen molar-refractivity contribution >= 4 is 37.5 Å². The van der Waals surface area contributed by atoms with Gasteiger partial charge in [-0.1, -0.05) is 13.3 Å². The van der Waals surface area contributed by atoms with Gasteiger partial charge < -0.3 is 0 Å². The number of hydrogen-bond acceptors (Lipinski definition) is 4. The fourth-order valence-electron chi connectivity index (χ4n) is 2.29. The molecule has 1 fully saturated rings. The largest absolute Gasteiger partial charge is 0.276 e. The zero-order chi connectivity index (χ0) is 15.8. The molecule has 7 heteroatoms. The van der Waals surface area contributed by atoms with Crippen LogP contribution in [0.1, 0.15) is 42.1 Å². The Labute approximate surface area is 132 Å². The zero-order valence-electron chi connectivity index (χ0n) is 11.9. The van der Waals surface area contributed by atoms with Crippen molar-refractivity contribution in [3.63, 3.8) is 0 Å². The van der Waals surface area contributed by atoms with Crippen LogP contribution in [0.4, 0.5) is 0 Å². The number of rotatable bonds is 5. The highest BCUT2D eigenvalue weighted by molar-refractivity contribution is 7.92. The van der Waals surface area contributed by atoms with E-state index in [1.165, 1.54) is 6.07 Å². The number of hydrogen-bond donors (Lipinski definition) is 0.